The van der Waals surface area contributed by atoms with Crippen molar-refractivity contribution in [1.82, 2.24) is 5.32 Å². The van der Waals surface area contributed by atoms with Gasteiger partial charge in [0.2, 0.25) is 0 Å². The standard InChI is InChI=1S/C15H17BrN2O3S.ClH/c1-20-13-6-10(7-18-8-11-3-2-4-22-11)5-12(16)15(13)21-9-14(17)19;/h2-6,18H,7-9H2,1H3,(H2,17,19);1H/p-1. The molecule has 0 unspecified atom stereocenters. The predicted octanol–water partition coefficient (Wildman–Crippen LogP) is -0.323. The van der Waals surface area contributed by atoms with E-state index in [1.807, 2.05) is 18.2 Å². The number of thiophene rings is 1. The van der Waals surface area contributed by atoms with Crippen molar-refractivity contribution in [2.75, 3.05) is 13.7 Å². The van der Waals surface area contributed by atoms with E-state index in [0.29, 0.717) is 18.0 Å². The SMILES string of the molecule is COc1cc(CNCc2cccs2)cc(Br)c1OCC(N)=O.[Cl-]. The Morgan fingerprint density at radius 3 is 2.78 bits per heavy atom. The number of carbonyl (C=O) groups is 1. The van der Waals surface area contributed by atoms with Gasteiger partial charge in [0.25, 0.3) is 5.91 Å². The second-order valence-electron chi connectivity index (χ2n) is 4.55. The molecule has 126 valence electrons. The molecule has 8 heteroatoms. The summed E-state index contributed by atoms with van der Waals surface area (Å²) in [6, 6.07) is 7.93. The molecule has 0 fully saturated rings. The number of nitrogens with two attached hydrogens (primary N) is 1. The van der Waals surface area contributed by atoms with Crippen molar-refractivity contribution in [3.8, 4) is 11.5 Å². The maximum absolute atomic E-state index is 10.8. The van der Waals surface area contributed by atoms with Crippen LogP contribution in [0, 0.1) is 0 Å². The molecule has 0 atom stereocenters. The fourth-order valence-electron chi connectivity index (χ4n) is 1.90. The van der Waals surface area contributed by atoms with Crippen molar-refractivity contribution < 1.29 is 26.7 Å². The molecular formula is C15H17BrClN2O3S-. The van der Waals surface area contributed by atoms with Gasteiger partial charge in [-0.15, -0.1) is 11.3 Å². The lowest BCUT2D eigenvalue weighted by atomic mass is 10.2. The average Bonchev–Trinajstić information content (AvgIpc) is 2.98. The van der Waals surface area contributed by atoms with Gasteiger partial charge in [0.1, 0.15) is 0 Å². The van der Waals surface area contributed by atoms with Gasteiger partial charge < -0.3 is 32.9 Å². The molecule has 1 aromatic carbocycles. The lowest BCUT2D eigenvalue weighted by Crippen LogP contribution is -3.00. The number of carbonyl (C=O) groups excluding carboxylic acids is 1. The largest absolute Gasteiger partial charge is 1.00 e. The summed E-state index contributed by atoms with van der Waals surface area (Å²) in [6.45, 7) is 1.32. The van der Waals surface area contributed by atoms with Crippen LogP contribution < -0.4 is 32.9 Å². The highest BCUT2D eigenvalue weighted by molar-refractivity contribution is 9.10. The third-order valence-electron chi connectivity index (χ3n) is 2.86. The van der Waals surface area contributed by atoms with Gasteiger partial charge in [0.05, 0.1) is 11.6 Å². The first-order chi connectivity index (χ1) is 10.6. The fourth-order valence-corrected chi connectivity index (χ4v) is 3.18. The number of rotatable bonds is 8. The molecule has 23 heavy (non-hydrogen) atoms. The number of amides is 1. The van der Waals surface area contributed by atoms with Crippen LogP contribution in [0.1, 0.15) is 10.4 Å². The second kappa shape index (κ2) is 9.77. The van der Waals surface area contributed by atoms with E-state index in [-0.39, 0.29) is 19.0 Å². The monoisotopic (exact) mass is 419 g/mol. The topological polar surface area (TPSA) is 73.6 Å². The number of nitrogens with one attached hydrogen (secondary N) is 1. The van der Waals surface area contributed by atoms with Gasteiger partial charge in [-0.1, -0.05) is 6.07 Å². The second-order valence-corrected chi connectivity index (χ2v) is 6.43. The summed E-state index contributed by atoms with van der Waals surface area (Å²) >= 11 is 5.16. The molecule has 3 N–H and O–H groups in total. The summed E-state index contributed by atoms with van der Waals surface area (Å²) in [5.41, 5.74) is 6.14. The van der Waals surface area contributed by atoms with Gasteiger partial charge in [-0.2, -0.15) is 0 Å². The van der Waals surface area contributed by atoms with Crippen molar-refractivity contribution in [1.29, 1.82) is 0 Å². The number of primary amides is 1. The van der Waals surface area contributed by atoms with Crippen molar-refractivity contribution in [3.63, 3.8) is 0 Å². The molecule has 2 aromatic rings. The van der Waals surface area contributed by atoms with Crippen LogP contribution >= 0.6 is 27.3 Å². The maximum Gasteiger partial charge on any atom is 0.255 e. The van der Waals surface area contributed by atoms with Crippen molar-refractivity contribution in [3.05, 3.63) is 44.6 Å². The molecule has 5 nitrogen and oxygen atoms in total. The Labute approximate surface area is 153 Å². The molecule has 0 aliphatic carbocycles. The van der Waals surface area contributed by atoms with Crippen LogP contribution in [-0.2, 0) is 17.9 Å². The van der Waals surface area contributed by atoms with Crippen molar-refractivity contribution >= 4 is 33.2 Å². The third kappa shape index (κ3) is 6.02. The van der Waals surface area contributed by atoms with Crippen LogP contribution in [0.5, 0.6) is 11.5 Å². The van der Waals surface area contributed by atoms with Gasteiger partial charge in [0.15, 0.2) is 18.1 Å². The highest BCUT2D eigenvalue weighted by atomic mass is 79.9. The van der Waals surface area contributed by atoms with Gasteiger partial charge in [-0.25, -0.2) is 0 Å². The molecule has 0 aliphatic rings. The minimum Gasteiger partial charge on any atom is -1.00 e. The molecule has 0 bridgehead atoms. The van der Waals surface area contributed by atoms with E-state index < -0.39 is 5.91 Å². The van der Waals surface area contributed by atoms with Crippen LogP contribution in [0.15, 0.2) is 34.1 Å². The number of hydrogen-bond acceptors (Lipinski definition) is 5. The highest BCUT2D eigenvalue weighted by Crippen LogP contribution is 2.36. The van der Waals surface area contributed by atoms with Crippen LogP contribution in [0.4, 0.5) is 0 Å². The number of ether oxygens (including phenoxy) is 2. The molecule has 0 saturated heterocycles. The van der Waals surface area contributed by atoms with E-state index >= 15 is 0 Å². The lowest BCUT2D eigenvalue weighted by Gasteiger charge is -2.14. The van der Waals surface area contributed by atoms with E-state index in [0.717, 1.165) is 16.6 Å². The van der Waals surface area contributed by atoms with E-state index in [1.54, 1.807) is 18.4 Å². The van der Waals surface area contributed by atoms with Gasteiger partial charge >= 0.3 is 0 Å². The predicted molar refractivity (Wildman–Crippen MR) is 90.2 cm³/mol. The first-order valence-corrected chi connectivity index (χ1v) is 8.28. The van der Waals surface area contributed by atoms with E-state index in [2.05, 4.69) is 32.7 Å². The Balaban J connectivity index is 0.00000264. The normalized spacial score (nSPS) is 10.0. The molecule has 2 rings (SSSR count). The maximum atomic E-state index is 10.8. The molecule has 0 aliphatic heterocycles. The zero-order valence-electron chi connectivity index (χ0n) is 12.5. The van der Waals surface area contributed by atoms with Crippen molar-refractivity contribution in [2.24, 2.45) is 5.73 Å². The van der Waals surface area contributed by atoms with E-state index in [9.17, 15) is 4.79 Å². The van der Waals surface area contributed by atoms with E-state index in [4.69, 9.17) is 15.2 Å². The molecular weight excluding hydrogens is 404 g/mol. The first-order valence-electron chi connectivity index (χ1n) is 6.60. The Morgan fingerprint density at radius 1 is 1.39 bits per heavy atom. The quantitative estimate of drug-likeness (QED) is 0.614. The molecule has 0 saturated carbocycles. The van der Waals surface area contributed by atoms with Crippen LogP contribution in [0.3, 0.4) is 0 Å². The summed E-state index contributed by atoms with van der Waals surface area (Å²) in [5.74, 6) is 0.502. The Hall–Kier alpha value is -1.28. The van der Waals surface area contributed by atoms with E-state index in [1.165, 1.54) is 4.88 Å². The number of benzene rings is 1. The molecule has 0 radical (unpaired) electrons. The Kier molecular flexibility index (Phi) is 8.40. The summed E-state index contributed by atoms with van der Waals surface area (Å²) in [4.78, 5) is 12.1. The van der Waals surface area contributed by atoms with Crippen LogP contribution in [0.2, 0.25) is 0 Å². The molecule has 1 aromatic heterocycles. The third-order valence-corrected chi connectivity index (χ3v) is 4.32. The van der Waals surface area contributed by atoms with Gasteiger partial charge in [0, 0.05) is 18.0 Å². The highest BCUT2D eigenvalue weighted by Gasteiger charge is 2.12. The number of halogens is 2. The Morgan fingerprint density at radius 2 is 2.17 bits per heavy atom. The van der Waals surface area contributed by atoms with Crippen LogP contribution in [-0.4, -0.2) is 19.6 Å². The lowest BCUT2D eigenvalue weighted by molar-refractivity contribution is -0.119. The summed E-state index contributed by atoms with van der Waals surface area (Å²) in [5, 5.41) is 5.43. The van der Waals surface area contributed by atoms with Crippen molar-refractivity contribution in [2.45, 2.75) is 13.1 Å². The Bertz CT molecular complexity index is 638. The first kappa shape index (κ1) is 19.8. The molecule has 0 spiro atoms. The minimum absolute atomic E-state index is 0. The van der Waals surface area contributed by atoms with Crippen LogP contribution in [0.25, 0.3) is 0 Å². The minimum atomic E-state index is -0.532. The zero-order chi connectivity index (χ0) is 15.9. The summed E-state index contributed by atoms with van der Waals surface area (Å²) in [7, 11) is 1.56. The van der Waals surface area contributed by atoms with Gasteiger partial charge in [-0.3, -0.25) is 4.79 Å². The number of hydrogen-bond donors (Lipinski definition) is 2. The number of methoxy groups -OCH3 is 1. The zero-order valence-corrected chi connectivity index (χ0v) is 15.6. The summed E-state index contributed by atoms with van der Waals surface area (Å²) in [6.07, 6.45) is 0. The average molecular weight is 421 g/mol. The smallest absolute Gasteiger partial charge is 0.255 e. The van der Waals surface area contributed by atoms with Gasteiger partial charge in [-0.05, 0) is 45.1 Å². The molecule has 1 heterocycles. The molecule has 1 amide bonds. The summed E-state index contributed by atoms with van der Waals surface area (Å²) < 4.78 is 11.4. The fraction of sp³-hybridized carbons (Fsp3) is 0.267.